The fourth-order valence-electron chi connectivity index (χ4n) is 2.97. The Balaban J connectivity index is 1.54. The van der Waals surface area contributed by atoms with Gasteiger partial charge in [0.2, 0.25) is 0 Å². The Hall–Kier alpha value is -1.25. The molecule has 1 aliphatic rings. The molecule has 8 heteroatoms. The molecule has 146 valence electrons. The lowest BCUT2D eigenvalue weighted by molar-refractivity contribution is 0.408. The molecule has 0 atom stereocenters. The molecule has 1 saturated heterocycles. The van der Waals surface area contributed by atoms with Crippen molar-refractivity contribution < 1.29 is 0 Å². The fourth-order valence-corrected chi connectivity index (χ4v) is 5.85. The topological polar surface area (TPSA) is 49.8 Å². The summed E-state index contributed by atoms with van der Waals surface area (Å²) in [6, 6.07) is 10.1. The number of piperidine rings is 1. The Kier molecular flexibility index (Phi) is 7.14. The van der Waals surface area contributed by atoms with Crippen LogP contribution in [0, 0.1) is 5.92 Å². The van der Waals surface area contributed by atoms with Gasteiger partial charge in [0.15, 0.2) is 5.13 Å². The molecule has 0 bridgehead atoms. The Morgan fingerprint density at radius 1 is 1.18 bits per heavy atom. The highest BCUT2D eigenvalue weighted by molar-refractivity contribution is 8.00. The average Bonchev–Trinajstić information content (AvgIpc) is 3.24. The van der Waals surface area contributed by atoms with Crippen molar-refractivity contribution in [3.05, 3.63) is 53.1 Å². The molecule has 4 nitrogen and oxygen atoms in total. The van der Waals surface area contributed by atoms with Crippen LogP contribution in [-0.2, 0) is 0 Å². The van der Waals surface area contributed by atoms with Gasteiger partial charge in [0.25, 0.3) is 0 Å². The maximum Gasteiger partial charge on any atom is 0.188 e. The van der Waals surface area contributed by atoms with Crippen LogP contribution in [0.2, 0.25) is 5.02 Å². The van der Waals surface area contributed by atoms with Crippen molar-refractivity contribution in [3.63, 3.8) is 0 Å². The summed E-state index contributed by atoms with van der Waals surface area (Å²) in [7, 11) is 0. The maximum absolute atomic E-state index is 6.39. The lowest BCUT2D eigenvalue weighted by Gasteiger charge is -2.22. The quantitative estimate of drug-likeness (QED) is 0.421. The van der Waals surface area contributed by atoms with E-state index in [1.165, 1.54) is 17.7 Å². The van der Waals surface area contributed by atoms with Crippen molar-refractivity contribution in [2.45, 2.75) is 27.5 Å². The van der Waals surface area contributed by atoms with E-state index in [0.717, 1.165) is 50.5 Å². The van der Waals surface area contributed by atoms with Crippen molar-refractivity contribution in [3.8, 4) is 0 Å². The number of hydrogen-bond donors (Lipinski definition) is 2. The summed E-state index contributed by atoms with van der Waals surface area (Å²) >= 11 is 11.5. The van der Waals surface area contributed by atoms with Crippen LogP contribution >= 0.6 is 46.5 Å². The van der Waals surface area contributed by atoms with Crippen molar-refractivity contribution in [1.82, 2.24) is 15.3 Å². The number of thioether (sulfide) groups is 1. The fraction of sp³-hybridized carbons (Fsp3) is 0.300. The van der Waals surface area contributed by atoms with E-state index in [1.807, 2.05) is 47.6 Å². The lowest BCUT2D eigenvalue weighted by atomic mass is 10.0. The van der Waals surface area contributed by atoms with Gasteiger partial charge in [0, 0.05) is 33.3 Å². The van der Waals surface area contributed by atoms with E-state index in [1.54, 1.807) is 29.3 Å². The average molecular weight is 449 g/mol. The molecule has 3 aromatic rings. The first kappa shape index (κ1) is 20.0. The Morgan fingerprint density at radius 2 is 2.04 bits per heavy atom. The molecular formula is C20H21ClN4S3. The van der Waals surface area contributed by atoms with Crippen LogP contribution in [0.25, 0.3) is 0 Å². The van der Waals surface area contributed by atoms with Gasteiger partial charge in [0.1, 0.15) is 5.82 Å². The minimum absolute atomic E-state index is 0.750. The van der Waals surface area contributed by atoms with Crippen LogP contribution < -0.4 is 10.6 Å². The lowest BCUT2D eigenvalue weighted by Crippen LogP contribution is -2.28. The summed E-state index contributed by atoms with van der Waals surface area (Å²) in [6.45, 7) is 2.27. The van der Waals surface area contributed by atoms with E-state index in [4.69, 9.17) is 16.6 Å². The number of aromatic nitrogens is 2. The largest absolute Gasteiger partial charge is 0.317 e. The first-order valence-electron chi connectivity index (χ1n) is 9.20. The number of nitrogens with zero attached hydrogens (tertiary/aromatic N) is 2. The predicted molar refractivity (Wildman–Crippen MR) is 122 cm³/mol. The number of hydrogen-bond acceptors (Lipinski definition) is 7. The molecular weight excluding hydrogens is 428 g/mol. The van der Waals surface area contributed by atoms with Gasteiger partial charge < -0.3 is 10.6 Å². The Bertz CT molecular complexity index is 898. The zero-order valence-corrected chi connectivity index (χ0v) is 18.4. The minimum atomic E-state index is 0.750. The van der Waals surface area contributed by atoms with E-state index < -0.39 is 0 Å². The molecule has 1 aromatic carbocycles. The molecule has 2 aromatic heterocycles. The summed E-state index contributed by atoms with van der Waals surface area (Å²) in [6.07, 6.45) is 6.26. The van der Waals surface area contributed by atoms with E-state index in [-0.39, 0.29) is 0 Å². The smallest absolute Gasteiger partial charge is 0.188 e. The van der Waals surface area contributed by atoms with Crippen molar-refractivity contribution >= 4 is 57.4 Å². The third-order valence-corrected chi connectivity index (χ3v) is 7.92. The van der Waals surface area contributed by atoms with Gasteiger partial charge in [-0.1, -0.05) is 35.5 Å². The first-order valence-corrected chi connectivity index (χ1v) is 12.3. The van der Waals surface area contributed by atoms with Crippen LogP contribution in [0.3, 0.4) is 0 Å². The van der Waals surface area contributed by atoms with E-state index in [2.05, 4.69) is 21.7 Å². The normalized spacial score (nSPS) is 14.9. The summed E-state index contributed by atoms with van der Waals surface area (Å²) in [4.78, 5) is 12.3. The van der Waals surface area contributed by atoms with Crippen molar-refractivity contribution in [2.75, 3.05) is 24.2 Å². The second-order valence-electron chi connectivity index (χ2n) is 6.52. The van der Waals surface area contributed by atoms with E-state index in [9.17, 15) is 0 Å². The number of benzene rings is 1. The maximum atomic E-state index is 6.39. The van der Waals surface area contributed by atoms with Gasteiger partial charge in [0.05, 0.1) is 9.92 Å². The Labute approximate surface area is 182 Å². The molecule has 0 amide bonds. The molecule has 0 radical (unpaired) electrons. The predicted octanol–water partition coefficient (Wildman–Crippen LogP) is 6.18. The number of rotatable bonds is 7. The van der Waals surface area contributed by atoms with Gasteiger partial charge >= 0.3 is 0 Å². The zero-order valence-electron chi connectivity index (χ0n) is 15.2. The van der Waals surface area contributed by atoms with Crippen LogP contribution in [0.5, 0.6) is 0 Å². The Morgan fingerprint density at radius 3 is 2.82 bits per heavy atom. The molecule has 0 saturated carbocycles. The van der Waals surface area contributed by atoms with E-state index in [0.29, 0.717) is 0 Å². The number of pyridine rings is 1. The van der Waals surface area contributed by atoms with Gasteiger partial charge in [-0.05, 0) is 50.0 Å². The summed E-state index contributed by atoms with van der Waals surface area (Å²) in [5.74, 6) is 2.73. The van der Waals surface area contributed by atoms with Crippen LogP contribution in [-0.4, -0.2) is 28.8 Å². The van der Waals surface area contributed by atoms with Crippen molar-refractivity contribution in [1.29, 1.82) is 0 Å². The highest BCUT2D eigenvalue weighted by Gasteiger charge is 2.15. The van der Waals surface area contributed by atoms with E-state index >= 15 is 0 Å². The highest BCUT2D eigenvalue weighted by atomic mass is 35.5. The van der Waals surface area contributed by atoms with Crippen LogP contribution in [0.1, 0.15) is 12.8 Å². The van der Waals surface area contributed by atoms with Crippen LogP contribution in [0.15, 0.2) is 62.8 Å². The second-order valence-corrected chi connectivity index (χ2v) is 10.00. The number of nitrogens with one attached hydrogen (secondary N) is 2. The first-order chi connectivity index (χ1) is 13.8. The molecule has 0 spiro atoms. The van der Waals surface area contributed by atoms with Gasteiger partial charge in [-0.3, -0.25) is 0 Å². The second kappa shape index (κ2) is 9.98. The SMILES string of the molecule is Clc1ccccc1Sc1cc(SCC2CCNCC2)cnc1Nc1nccs1. The monoisotopic (exact) mass is 448 g/mol. The molecule has 1 aliphatic heterocycles. The van der Waals surface area contributed by atoms with Crippen molar-refractivity contribution in [2.24, 2.45) is 5.92 Å². The molecule has 28 heavy (non-hydrogen) atoms. The molecule has 0 aliphatic carbocycles. The number of halogens is 1. The summed E-state index contributed by atoms with van der Waals surface area (Å²) in [5, 5.41) is 10.3. The third-order valence-electron chi connectivity index (χ3n) is 4.49. The van der Waals surface area contributed by atoms with Gasteiger partial charge in [-0.2, -0.15) is 0 Å². The summed E-state index contributed by atoms with van der Waals surface area (Å²) < 4.78 is 0. The molecule has 1 fully saturated rings. The van der Waals surface area contributed by atoms with Crippen LogP contribution in [0.4, 0.5) is 10.9 Å². The summed E-state index contributed by atoms with van der Waals surface area (Å²) in [5.41, 5.74) is 0. The number of thiazole rings is 1. The molecule has 4 rings (SSSR count). The molecule has 3 heterocycles. The number of anilines is 2. The highest BCUT2D eigenvalue weighted by Crippen LogP contribution is 2.39. The molecule has 2 N–H and O–H groups in total. The molecule has 0 unspecified atom stereocenters. The zero-order chi connectivity index (χ0) is 19.2. The van der Waals surface area contributed by atoms with Gasteiger partial charge in [-0.25, -0.2) is 9.97 Å². The van der Waals surface area contributed by atoms with Gasteiger partial charge in [-0.15, -0.1) is 23.1 Å². The standard InChI is InChI=1S/C20H21ClN4S3/c21-16-3-1-2-4-17(16)28-18-11-15(27-13-14-5-7-22-8-6-14)12-24-19(18)25-20-23-9-10-26-20/h1-4,9-12,14,22H,5-8,13H2,(H,23,24,25). The third kappa shape index (κ3) is 5.42. The minimum Gasteiger partial charge on any atom is -0.317 e.